The van der Waals surface area contributed by atoms with Crippen molar-refractivity contribution in [2.24, 2.45) is 0 Å². The molecule has 1 saturated heterocycles. The fourth-order valence-corrected chi connectivity index (χ4v) is 3.88. The molecular formula is C19H21BrN6O2. The van der Waals surface area contributed by atoms with Crippen molar-refractivity contribution in [3.63, 3.8) is 0 Å². The molecule has 4 rings (SSSR count). The number of benzene rings is 1. The van der Waals surface area contributed by atoms with Crippen LogP contribution in [0.4, 0.5) is 0 Å². The minimum atomic E-state index is -0.945. The van der Waals surface area contributed by atoms with Gasteiger partial charge < -0.3 is 10.0 Å². The van der Waals surface area contributed by atoms with Gasteiger partial charge in [0.25, 0.3) is 11.7 Å². The van der Waals surface area contributed by atoms with E-state index in [0.29, 0.717) is 18.7 Å². The maximum atomic E-state index is 12.7. The first-order chi connectivity index (χ1) is 13.4. The standard InChI is InChI=1S/C19H21BrN6O2/c1-24(17(27)16-22-18-21-9-15(20)11-26(18)23-16)12-19(28)7-8-25(13-19)10-14-5-3-2-4-6-14/h2-6,9,11,28H,7-8,10,12-13H2,1H3. The Morgan fingerprint density at radius 1 is 1.36 bits per heavy atom. The second kappa shape index (κ2) is 7.57. The molecule has 0 radical (unpaired) electrons. The van der Waals surface area contributed by atoms with Gasteiger partial charge in [-0.2, -0.15) is 4.98 Å². The fraction of sp³-hybridized carbons (Fsp3) is 0.368. The predicted molar refractivity (Wildman–Crippen MR) is 107 cm³/mol. The summed E-state index contributed by atoms with van der Waals surface area (Å²) in [6.45, 7) is 2.32. The number of rotatable bonds is 5. The zero-order valence-electron chi connectivity index (χ0n) is 15.5. The maximum absolute atomic E-state index is 12.7. The van der Waals surface area contributed by atoms with E-state index < -0.39 is 5.60 Å². The van der Waals surface area contributed by atoms with Crippen LogP contribution in [-0.4, -0.2) is 72.7 Å². The number of amides is 1. The smallest absolute Gasteiger partial charge is 0.293 e. The minimum absolute atomic E-state index is 0.0656. The number of aliphatic hydroxyl groups is 1. The van der Waals surface area contributed by atoms with Crippen molar-refractivity contribution in [2.45, 2.75) is 18.6 Å². The Bertz CT molecular complexity index is 995. The lowest BCUT2D eigenvalue weighted by Crippen LogP contribution is -2.46. The Morgan fingerprint density at radius 2 is 2.14 bits per heavy atom. The van der Waals surface area contributed by atoms with Gasteiger partial charge in [0.2, 0.25) is 5.82 Å². The van der Waals surface area contributed by atoms with Crippen molar-refractivity contribution in [1.29, 1.82) is 0 Å². The Kier molecular flexibility index (Phi) is 5.13. The summed E-state index contributed by atoms with van der Waals surface area (Å²) >= 11 is 3.32. The van der Waals surface area contributed by atoms with Crippen LogP contribution in [-0.2, 0) is 6.54 Å². The molecular weight excluding hydrogens is 424 g/mol. The molecule has 0 aliphatic carbocycles. The van der Waals surface area contributed by atoms with Crippen molar-refractivity contribution in [2.75, 3.05) is 26.7 Å². The number of nitrogens with zero attached hydrogens (tertiary/aromatic N) is 6. The van der Waals surface area contributed by atoms with Crippen molar-refractivity contribution in [3.05, 3.63) is 58.6 Å². The summed E-state index contributed by atoms with van der Waals surface area (Å²) < 4.78 is 2.20. The third kappa shape index (κ3) is 4.06. The molecule has 8 nitrogen and oxygen atoms in total. The number of β-amino-alcohol motifs (C(OH)–C–C–N with tert-alkyl or cyclic N) is 1. The quantitative estimate of drug-likeness (QED) is 0.642. The second-order valence-corrected chi connectivity index (χ2v) is 8.20. The molecule has 9 heteroatoms. The van der Waals surface area contributed by atoms with Gasteiger partial charge in [0, 0.05) is 39.1 Å². The zero-order valence-corrected chi connectivity index (χ0v) is 17.1. The maximum Gasteiger partial charge on any atom is 0.293 e. The van der Waals surface area contributed by atoms with Gasteiger partial charge in [-0.3, -0.25) is 9.69 Å². The predicted octanol–water partition coefficient (Wildman–Crippen LogP) is 1.60. The van der Waals surface area contributed by atoms with E-state index >= 15 is 0 Å². The first kappa shape index (κ1) is 19.0. The number of likely N-dealkylation sites (tertiary alicyclic amines) is 1. The van der Waals surface area contributed by atoms with Crippen LogP contribution in [0.2, 0.25) is 0 Å². The Morgan fingerprint density at radius 3 is 2.93 bits per heavy atom. The zero-order chi connectivity index (χ0) is 19.7. The van der Waals surface area contributed by atoms with Crippen LogP contribution in [0.15, 0.2) is 47.2 Å². The molecule has 1 unspecified atom stereocenters. The molecule has 3 heterocycles. The van der Waals surface area contributed by atoms with Crippen molar-refractivity contribution >= 4 is 27.6 Å². The number of halogens is 1. The van der Waals surface area contributed by atoms with E-state index in [-0.39, 0.29) is 18.3 Å². The van der Waals surface area contributed by atoms with Gasteiger partial charge in [-0.15, -0.1) is 5.10 Å². The van der Waals surface area contributed by atoms with Gasteiger partial charge >= 0.3 is 0 Å². The molecule has 0 saturated carbocycles. The minimum Gasteiger partial charge on any atom is -0.387 e. The SMILES string of the molecule is CN(CC1(O)CCN(Cc2ccccc2)C1)C(=O)c1nc2ncc(Br)cn2n1. The van der Waals surface area contributed by atoms with Crippen LogP contribution in [0.5, 0.6) is 0 Å². The summed E-state index contributed by atoms with van der Waals surface area (Å²) in [5.41, 5.74) is 0.267. The number of carbonyl (C=O) groups excluding carboxylic acids is 1. The molecule has 2 aromatic heterocycles. The summed E-state index contributed by atoms with van der Waals surface area (Å²) in [6.07, 6.45) is 3.91. The highest BCUT2D eigenvalue weighted by Gasteiger charge is 2.38. The first-order valence-corrected chi connectivity index (χ1v) is 9.83. The highest BCUT2D eigenvalue weighted by molar-refractivity contribution is 9.10. The van der Waals surface area contributed by atoms with Gasteiger partial charge in [0.05, 0.1) is 16.6 Å². The highest BCUT2D eigenvalue weighted by atomic mass is 79.9. The highest BCUT2D eigenvalue weighted by Crippen LogP contribution is 2.24. The fourth-order valence-electron chi connectivity index (χ4n) is 3.58. The van der Waals surface area contributed by atoms with Crippen LogP contribution in [0, 0.1) is 0 Å². The third-order valence-electron chi connectivity index (χ3n) is 4.89. The molecule has 0 spiro atoms. The van der Waals surface area contributed by atoms with Crippen LogP contribution in [0.3, 0.4) is 0 Å². The van der Waals surface area contributed by atoms with E-state index in [1.165, 1.54) is 15.0 Å². The van der Waals surface area contributed by atoms with E-state index in [9.17, 15) is 9.90 Å². The Hall–Kier alpha value is -2.36. The number of likely N-dealkylation sites (N-methyl/N-ethyl adjacent to an activating group) is 1. The molecule has 1 atom stereocenters. The normalized spacial score (nSPS) is 20.0. The topological polar surface area (TPSA) is 86.9 Å². The first-order valence-electron chi connectivity index (χ1n) is 9.04. The van der Waals surface area contributed by atoms with Crippen LogP contribution < -0.4 is 0 Å². The average Bonchev–Trinajstić information content (AvgIpc) is 3.25. The summed E-state index contributed by atoms with van der Waals surface area (Å²) in [5.74, 6) is 0.0842. The largest absolute Gasteiger partial charge is 0.387 e. The molecule has 1 N–H and O–H groups in total. The van der Waals surface area contributed by atoms with Gasteiger partial charge in [0.15, 0.2) is 0 Å². The number of hydrogen-bond acceptors (Lipinski definition) is 6. The third-order valence-corrected chi connectivity index (χ3v) is 5.30. The average molecular weight is 445 g/mol. The number of fused-ring (bicyclic) bond motifs is 1. The van der Waals surface area contributed by atoms with Crippen LogP contribution >= 0.6 is 15.9 Å². The van der Waals surface area contributed by atoms with Crippen molar-refractivity contribution in [1.82, 2.24) is 29.4 Å². The summed E-state index contributed by atoms with van der Waals surface area (Å²) in [6, 6.07) is 10.2. The molecule has 1 aromatic carbocycles. The van der Waals surface area contributed by atoms with E-state index in [4.69, 9.17) is 0 Å². The molecule has 1 aliphatic heterocycles. The van der Waals surface area contributed by atoms with Crippen LogP contribution in [0.1, 0.15) is 22.6 Å². The number of carbonyl (C=O) groups is 1. The Balaban J connectivity index is 1.40. The second-order valence-electron chi connectivity index (χ2n) is 7.28. The van der Waals surface area contributed by atoms with Crippen molar-refractivity contribution < 1.29 is 9.90 Å². The van der Waals surface area contributed by atoms with Crippen LogP contribution in [0.25, 0.3) is 5.78 Å². The van der Waals surface area contributed by atoms with E-state index in [1.54, 1.807) is 19.4 Å². The lowest BCUT2D eigenvalue weighted by molar-refractivity contribution is 0.0166. The lowest BCUT2D eigenvalue weighted by Gasteiger charge is -2.28. The Labute approximate surface area is 170 Å². The molecule has 0 bridgehead atoms. The molecule has 1 fully saturated rings. The molecule has 1 amide bonds. The van der Waals surface area contributed by atoms with Gasteiger partial charge in [-0.05, 0) is 27.9 Å². The van der Waals surface area contributed by atoms with Gasteiger partial charge in [0.1, 0.15) is 0 Å². The molecule has 146 valence electrons. The molecule has 28 heavy (non-hydrogen) atoms. The number of hydrogen-bond donors (Lipinski definition) is 1. The summed E-state index contributed by atoms with van der Waals surface area (Å²) in [4.78, 5) is 24.7. The monoisotopic (exact) mass is 444 g/mol. The summed E-state index contributed by atoms with van der Waals surface area (Å²) in [7, 11) is 1.66. The van der Waals surface area contributed by atoms with Gasteiger partial charge in [-0.25, -0.2) is 9.50 Å². The van der Waals surface area contributed by atoms with E-state index in [1.807, 2.05) is 18.2 Å². The van der Waals surface area contributed by atoms with E-state index in [2.05, 4.69) is 48.0 Å². The summed E-state index contributed by atoms with van der Waals surface area (Å²) in [5, 5.41) is 15.2. The van der Waals surface area contributed by atoms with Gasteiger partial charge in [-0.1, -0.05) is 30.3 Å². The van der Waals surface area contributed by atoms with E-state index in [0.717, 1.165) is 17.6 Å². The molecule has 1 aliphatic rings. The lowest BCUT2D eigenvalue weighted by atomic mass is 10.0. The van der Waals surface area contributed by atoms with Crippen molar-refractivity contribution in [3.8, 4) is 0 Å². The molecule has 3 aromatic rings. The number of aromatic nitrogens is 4.